The van der Waals surface area contributed by atoms with E-state index >= 15 is 0 Å². The number of nitrogens with two attached hydrogens (primary N) is 1. The summed E-state index contributed by atoms with van der Waals surface area (Å²) in [7, 11) is 0. The molecular formula is C12H23N. The Bertz CT molecular complexity index is 159. The molecule has 76 valence electrons. The second-order valence-electron chi connectivity index (χ2n) is 3.60. The molecule has 0 aliphatic rings. The maximum absolute atomic E-state index is 5.85. The monoisotopic (exact) mass is 181 g/mol. The van der Waals surface area contributed by atoms with E-state index in [0.29, 0.717) is 12.0 Å². The molecule has 0 saturated heterocycles. The summed E-state index contributed by atoms with van der Waals surface area (Å²) in [6, 6.07) is 0.356. The molecule has 0 aliphatic carbocycles. The van der Waals surface area contributed by atoms with E-state index in [-0.39, 0.29) is 0 Å². The Kier molecular flexibility index (Phi) is 7.71. The molecule has 0 heterocycles. The first-order chi connectivity index (χ1) is 6.20. The molecular weight excluding hydrogens is 158 g/mol. The summed E-state index contributed by atoms with van der Waals surface area (Å²) in [6.45, 7) is 6.49. The van der Waals surface area contributed by atoms with Crippen molar-refractivity contribution < 1.29 is 0 Å². The van der Waals surface area contributed by atoms with Crippen molar-refractivity contribution in [1.82, 2.24) is 0 Å². The van der Waals surface area contributed by atoms with Crippen LogP contribution in [0.4, 0.5) is 0 Å². The maximum atomic E-state index is 5.85. The van der Waals surface area contributed by atoms with Crippen molar-refractivity contribution in [2.75, 3.05) is 0 Å². The summed E-state index contributed by atoms with van der Waals surface area (Å²) in [5.74, 6) is 0.594. The molecule has 0 aromatic heterocycles. The third-order valence-electron chi connectivity index (χ3n) is 2.12. The minimum absolute atomic E-state index is 0.356. The average molecular weight is 181 g/mol. The van der Waals surface area contributed by atoms with E-state index in [2.05, 4.69) is 45.1 Å². The maximum Gasteiger partial charge on any atom is 0.00417 e. The fraction of sp³-hybridized carbons (Fsp3) is 0.667. The van der Waals surface area contributed by atoms with Gasteiger partial charge in [-0.3, -0.25) is 0 Å². The summed E-state index contributed by atoms with van der Waals surface area (Å²) in [4.78, 5) is 0. The molecule has 2 N–H and O–H groups in total. The van der Waals surface area contributed by atoms with E-state index in [1.807, 2.05) is 0 Å². The highest BCUT2D eigenvalue weighted by atomic mass is 14.6. The molecule has 0 bridgehead atoms. The van der Waals surface area contributed by atoms with Crippen molar-refractivity contribution >= 4 is 0 Å². The molecule has 0 aliphatic heterocycles. The molecule has 0 aromatic carbocycles. The number of rotatable bonds is 6. The molecule has 2 unspecified atom stereocenters. The summed E-state index contributed by atoms with van der Waals surface area (Å²) in [5, 5.41) is 0. The third-order valence-corrected chi connectivity index (χ3v) is 2.12. The van der Waals surface area contributed by atoms with Gasteiger partial charge in [0.2, 0.25) is 0 Å². The summed E-state index contributed by atoms with van der Waals surface area (Å²) in [6.07, 6.45) is 11.9. The number of hydrogen-bond acceptors (Lipinski definition) is 1. The van der Waals surface area contributed by atoms with Crippen molar-refractivity contribution in [1.29, 1.82) is 0 Å². The van der Waals surface area contributed by atoms with Gasteiger partial charge < -0.3 is 5.73 Å². The van der Waals surface area contributed by atoms with Gasteiger partial charge in [-0.15, -0.1) is 0 Å². The molecule has 0 saturated carbocycles. The van der Waals surface area contributed by atoms with Crippen LogP contribution in [-0.4, -0.2) is 6.04 Å². The quantitative estimate of drug-likeness (QED) is 0.625. The average Bonchev–Trinajstić information content (AvgIpc) is 2.12. The van der Waals surface area contributed by atoms with Crippen LogP contribution in [0.15, 0.2) is 24.3 Å². The minimum atomic E-state index is 0.356. The molecule has 0 radical (unpaired) electrons. The van der Waals surface area contributed by atoms with E-state index in [9.17, 15) is 0 Å². The highest BCUT2D eigenvalue weighted by molar-refractivity contribution is 5.03. The Morgan fingerprint density at radius 3 is 2.46 bits per heavy atom. The molecule has 1 nitrogen and oxygen atoms in total. The zero-order valence-electron chi connectivity index (χ0n) is 9.16. The molecule has 0 rings (SSSR count). The lowest BCUT2D eigenvalue weighted by molar-refractivity contribution is 0.519. The Balaban J connectivity index is 3.66. The Morgan fingerprint density at radius 1 is 1.23 bits per heavy atom. The van der Waals surface area contributed by atoms with Crippen LogP contribution >= 0.6 is 0 Å². The van der Waals surface area contributed by atoms with Gasteiger partial charge in [-0.1, -0.05) is 45.1 Å². The van der Waals surface area contributed by atoms with Crippen molar-refractivity contribution in [3.63, 3.8) is 0 Å². The number of allylic oxidation sites excluding steroid dienone is 4. The van der Waals surface area contributed by atoms with Crippen LogP contribution in [0.2, 0.25) is 0 Å². The van der Waals surface area contributed by atoms with E-state index in [1.165, 1.54) is 0 Å². The van der Waals surface area contributed by atoms with Crippen molar-refractivity contribution in [3.8, 4) is 0 Å². The predicted molar refractivity (Wildman–Crippen MR) is 60.6 cm³/mol. The van der Waals surface area contributed by atoms with Gasteiger partial charge in [0, 0.05) is 6.04 Å². The fourth-order valence-electron chi connectivity index (χ4n) is 1.19. The Hall–Kier alpha value is -0.560. The second-order valence-corrected chi connectivity index (χ2v) is 3.60. The summed E-state index contributed by atoms with van der Waals surface area (Å²) in [5.41, 5.74) is 5.85. The fourth-order valence-corrected chi connectivity index (χ4v) is 1.19. The lowest BCUT2D eigenvalue weighted by Crippen LogP contribution is -2.20. The highest BCUT2D eigenvalue weighted by Gasteiger charge is 2.02. The third kappa shape index (κ3) is 7.79. The van der Waals surface area contributed by atoms with E-state index in [0.717, 1.165) is 19.3 Å². The summed E-state index contributed by atoms with van der Waals surface area (Å²) >= 11 is 0. The topological polar surface area (TPSA) is 26.0 Å². The standard InChI is InChI=1S/C12H23N/c1-4-6-7-8-9-11(3)10-12(13)5-2/h6-9,11-12H,4-5,10,13H2,1-3H3/b7-6-,9-8+. The number of hydrogen-bond donors (Lipinski definition) is 1. The lowest BCUT2D eigenvalue weighted by atomic mass is 10.0. The van der Waals surface area contributed by atoms with Gasteiger partial charge >= 0.3 is 0 Å². The lowest BCUT2D eigenvalue weighted by Gasteiger charge is -2.11. The van der Waals surface area contributed by atoms with Gasteiger partial charge in [0.05, 0.1) is 0 Å². The Labute approximate surface area is 82.7 Å². The van der Waals surface area contributed by atoms with Crippen LogP contribution in [0.5, 0.6) is 0 Å². The molecule has 0 spiro atoms. The molecule has 2 atom stereocenters. The normalized spacial score (nSPS) is 16.9. The smallest absolute Gasteiger partial charge is 0.00417 e. The van der Waals surface area contributed by atoms with Gasteiger partial charge in [-0.05, 0) is 25.2 Å². The van der Waals surface area contributed by atoms with E-state index < -0.39 is 0 Å². The zero-order chi connectivity index (χ0) is 10.1. The van der Waals surface area contributed by atoms with Crippen LogP contribution < -0.4 is 5.73 Å². The van der Waals surface area contributed by atoms with Gasteiger partial charge in [0.15, 0.2) is 0 Å². The molecule has 0 fully saturated rings. The molecule has 13 heavy (non-hydrogen) atoms. The van der Waals surface area contributed by atoms with Crippen LogP contribution in [0, 0.1) is 5.92 Å². The minimum Gasteiger partial charge on any atom is -0.328 e. The molecule has 0 amide bonds. The van der Waals surface area contributed by atoms with Crippen molar-refractivity contribution in [2.45, 2.75) is 46.1 Å². The van der Waals surface area contributed by atoms with Crippen LogP contribution in [0.1, 0.15) is 40.0 Å². The van der Waals surface area contributed by atoms with Crippen molar-refractivity contribution in [3.05, 3.63) is 24.3 Å². The van der Waals surface area contributed by atoms with Gasteiger partial charge in [-0.25, -0.2) is 0 Å². The van der Waals surface area contributed by atoms with Gasteiger partial charge in [-0.2, -0.15) is 0 Å². The first-order valence-corrected chi connectivity index (χ1v) is 5.29. The largest absolute Gasteiger partial charge is 0.328 e. The first kappa shape index (κ1) is 12.4. The van der Waals surface area contributed by atoms with Crippen LogP contribution in [0.3, 0.4) is 0 Å². The van der Waals surface area contributed by atoms with Crippen LogP contribution in [-0.2, 0) is 0 Å². The van der Waals surface area contributed by atoms with Crippen LogP contribution in [0.25, 0.3) is 0 Å². The zero-order valence-corrected chi connectivity index (χ0v) is 9.16. The molecule has 0 aromatic rings. The molecule has 1 heteroatoms. The van der Waals surface area contributed by atoms with E-state index in [1.54, 1.807) is 0 Å². The second kappa shape index (κ2) is 8.06. The summed E-state index contributed by atoms with van der Waals surface area (Å²) < 4.78 is 0. The van der Waals surface area contributed by atoms with Crippen molar-refractivity contribution in [2.24, 2.45) is 11.7 Å². The Morgan fingerprint density at radius 2 is 1.92 bits per heavy atom. The highest BCUT2D eigenvalue weighted by Crippen LogP contribution is 2.08. The van der Waals surface area contributed by atoms with Gasteiger partial charge in [0.25, 0.3) is 0 Å². The SMILES string of the molecule is CC/C=C\C=C\C(C)CC(N)CC. The predicted octanol–water partition coefficient (Wildman–Crippen LogP) is 3.27. The van der Waals surface area contributed by atoms with Gasteiger partial charge in [0.1, 0.15) is 0 Å². The van der Waals surface area contributed by atoms with E-state index in [4.69, 9.17) is 5.73 Å². The first-order valence-electron chi connectivity index (χ1n) is 5.29.